The molecule has 1 aliphatic carbocycles. The molecule has 0 nitrogen and oxygen atoms in total. The van der Waals surface area contributed by atoms with Crippen LogP contribution < -0.4 is 0 Å². The SMILES string of the molecule is Cc1sc2ccccc2c1C1(F)CC(F)(F)C(F)(F)C1(F)c1c(C)sc2ccccc12. The van der Waals surface area contributed by atoms with Crippen LogP contribution in [-0.2, 0) is 11.3 Å². The van der Waals surface area contributed by atoms with E-state index in [1.165, 1.54) is 32.0 Å². The van der Waals surface area contributed by atoms with Crippen LogP contribution in [-0.4, -0.2) is 11.8 Å². The molecule has 0 saturated heterocycles. The monoisotopic (exact) mass is 470 g/mol. The van der Waals surface area contributed by atoms with Crippen LogP contribution in [0.2, 0.25) is 0 Å². The molecule has 1 aliphatic rings. The van der Waals surface area contributed by atoms with Crippen molar-refractivity contribution < 1.29 is 26.3 Å². The predicted molar refractivity (Wildman–Crippen MR) is 113 cm³/mol. The molecule has 2 atom stereocenters. The van der Waals surface area contributed by atoms with Gasteiger partial charge in [-0.15, -0.1) is 22.7 Å². The first kappa shape index (κ1) is 20.8. The maximum Gasteiger partial charge on any atom is 0.351 e. The largest absolute Gasteiger partial charge is 0.351 e. The van der Waals surface area contributed by atoms with Crippen molar-refractivity contribution in [2.45, 2.75) is 43.5 Å². The number of hydrogen-bond acceptors (Lipinski definition) is 2. The molecule has 0 amide bonds. The Kier molecular flexibility index (Phi) is 4.20. The number of aryl methyl sites for hydroxylation is 2. The molecule has 1 fully saturated rings. The van der Waals surface area contributed by atoms with Crippen LogP contribution in [0.1, 0.15) is 27.3 Å². The second kappa shape index (κ2) is 6.25. The summed E-state index contributed by atoms with van der Waals surface area (Å²) in [6.07, 6.45) is -1.94. The minimum absolute atomic E-state index is 0.0316. The molecule has 2 unspecified atom stereocenters. The summed E-state index contributed by atoms with van der Waals surface area (Å²) in [7, 11) is 0. The Labute approximate surface area is 182 Å². The standard InChI is InChI=1S/C23H16F6S2/c1-12-18(14-7-3-5-9-16(14)30-12)20(24)11-21(25,26)23(28,29)22(20,27)19-13(2)31-17-10-6-4-8-15(17)19/h3-10H,11H2,1-2H3. The van der Waals surface area contributed by atoms with E-state index in [2.05, 4.69) is 0 Å². The summed E-state index contributed by atoms with van der Waals surface area (Å²) in [5.41, 5.74) is -8.98. The summed E-state index contributed by atoms with van der Waals surface area (Å²) in [5, 5.41) is 0.212. The van der Waals surface area contributed by atoms with Crippen LogP contribution in [0, 0.1) is 13.8 Å². The number of alkyl halides is 6. The molecule has 0 aliphatic heterocycles. The first-order valence-corrected chi connectivity index (χ1v) is 11.2. The van der Waals surface area contributed by atoms with Crippen molar-refractivity contribution in [3.05, 3.63) is 69.4 Å². The molecule has 2 aromatic carbocycles. The minimum atomic E-state index is -5.25. The smallest absolute Gasteiger partial charge is 0.234 e. The zero-order valence-corrected chi connectivity index (χ0v) is 18.0. The molecule has 0 radical (unpaired) electrons. The molecule has 31 heavy (non-hydrogen) atoms. The molecule has 4 aromatic rings. The number of fused-ring (bicyclic) bond motifs is 2. The highest BCUT2D eigenvalue weighted by Crippen LogP contribution is 2.72. The van der Waals surface area contributed by atoms with Crippen molar-refractivity contribution in [1.82, 2.24) is 0 Å². The molecule has 8 heteroatoms. The van der Waals surface area contributed by atoms with Gasteiger partial charge in [0.1, 0.15) is 0 Å². The first-order valence-electron chi connectivity index (χ1n) is 9.56. The van der Waals surface area contributed by atoms with Crippen LogP contribution in [0.5, 0.6) is 0 Å². The molecule has 1 saturated carbocycles. The summed E-state index contributed by atoms with van der Waals surface area (Å²) in [6, 6.07) is 12.4. The van der Waals surface area contributed by atoms with E-state index in [1.54, 1.807) is 30.3 Å². The van der Waals surface area contributed by atoms with E-state index in [4.69, 9.17) is 0 Å². The number of rotatable bonds is 2. The van der Waals surface area contributed by atoms with E-state index < -0.39 is 40.7 Å². The highest BCUT2D eigenvalue weighted by atomic mass is 32.1. The molecule has 5 rings (SSSR count). The van der Waals surface area contributed by atoms with Gasteiger partial charge in [-0.1, -0.05) is 36.4 Å². The molecule has 0 bridgehead atoms. The van der Waals surface area contributed by atoms with Gasteiger partial charge in [0, 0.05) is 30.3 Å². The Hall–Kier alpha value is -2.06. The van der Waals surface area contributed by atoms with Gasteiger partial charge in [-0.3, -0.25) is 0 Å². The normalized spacial score (nSPS) is 27.4. The summed E-state index contributed by atoms with van der Waals surface area (Å²) in [5.74, 6) is -10.1. The van der Waals surface area contributed by atoms with Crippen LogP contribution in [0.15, 0.2) is 48.5 Å². The Morgan fingerprint density at radius 2 is 1.13 bits per heavy atom. The quantitative estimate of drug-likeness (QED) is 0.258. The first-order chi connectivity index (χ1) is 14.5. The molecule has 0 N–H and O–H groups in total. The molecule has 2 aromatic heterocycles. The van der Waals surface area contributed by atoms with E-state index in [9.17, 15) is 8.78 Å². The van der Waals surface area contributed by atoms with Crippen molar-refractivity contribution in [2.75, 3.05) is 0 Å². The molecular weight excluding hydrogens is 454 g/mol. The average molecular weight is 471 g/mol. The van der Waals surface area contributed by atoms with Gasteiger partial charge in [-0.2, -0.15) is 17.6 Å². The fourth-order valence-electron chi connectivity index (χ4n) is 4.91. The van der Waals surface area contributed by atoms with Crippen molar-refractivity contribution in [2.24, 2.45) is 0 Å². The second-order valence-corrected chi connectivity index (χ2v) is 10.5. The Bertz CT molecular complexity index is 1340. The number of benzene rings is 2. The zero-order valence-electron chi connectivity index (χ0n) is 16.4. The highest BCUT2D eigenvalue weighted by Gasteiger charge is 2.87. The summed E-state index contributed by atoms with van der Waals surface area (Å²) in [6.45, 7) is 2.82. The van der Waals surface area contributed by atoms with Gasteiger partial charge >= 0.3 is 11.8 Å². The van der Waals surface area contributed by atoms with Gasteiger partial charge in [0.2, 0.25) is 5.67 Å². The van der Waals surface area contributed by atoms with Crippen molar-refractivity contribution >= 4 is 42.8 Å². The van der Waals surface area contributed by atoms with E-state index >= 15 is 17.6 Å². The third-order valence-corrected chi connectivity index (χ3v) is 8.36. The molecule has 2 heterocycles. The van der Waals surface area contributed by atoms with Crippen LogP contribution in [0.4, 0.5) is 26.3 Å². The van der Waals surface area contributed by atoms with Crippen LogP contribution >= 0.6 is 22.7 Å². The Morgan fingerprint density at radius 1 is 0.677 bits per heavy atom. The predicted octanol–water partition coefficient (Wildman–Crippen LogP) is 8.44. The topological polar surface area (TPSA) is 0 Å². The maximum atomic E-state index is 16.9. The van der Waals surface area contributed by atoms with Crippen molar-refractivity contribution in [3.8, 4) is 0 Å². The van der Waals surface area contributed by atoms with Crippen LogP contribution in [0.3, 0.4) is 0 Å². The van der Waals surface area contributed by atoms with Crippen LogP contribution in [0.25, 0.3) is 20.2 Å². The number of thiophene rings is 2. The average Bonchev–Trinajstić information content (AvgIpc) is 3.24. The lowest BCUT2D eigenvalue weighted by Gasteiger charge is -2.37. The number of hydrogen-bond donors (Lipinski definition) is 0. The van der Waals surface area contributed by atoms with Gasteiger partial charge in [0.15, 0.2) is 5.67 Å². The van der Waals surface area contributed by atoms with Gasteiger partial charge < -0.3 is 0 Å². The highest BCUT2D eigenvalue weighted by molar-refractivity contribution is 7.19. The van der Waals surface area contributed by atoms with E-state index in [1.807, 2.05) is 0 Å². The molecular formula is C23H16F6S2. The Morgan fingerprint density at radius 3 is 1.68 bits per heavy atom. The van der Waals surface area contributed by atoms with Gasteiger partial charge in [-0.25, -0.2) is 8.78 Å². The molecule has 162 valence electrons. The maximum absolute atomic E-state index is 16.9. The molecule has 0 spiro atoms. The Balaban J connectivity index is 1.93. The van der Waals surface area contributed by atoms with Crippen molar-refractivity contribution in [3.63, 3.8) is 0 Å². The third-order valence-electron chi connectivity index (χ3n) is 6.19. The van der Waals surface area contributed by atoms with Gasteiger partial charge in [0.05, 0.1) is 6.42 Å². The summed E-state index contributed by atoms with van der Waals surface area (Å²) < 4.78 is 94.8. The van der Waals surface area contributed by atoms with E-state index in [0.29, 0.717) is 9.40 Å². The lowest BCUT2D eigenvalue weighted by atomic mass is 9.75. The third kappa shape index (κ3) is 2.38. The van der Waals surface area contributed by atoms with E-state index in [-0.39, 0.29) is 20.5 Å². The van der Waals surface area contributed by atoms with Gasteiger partial charge in [-0.05, 0) is 36.8 Å². The van der Waals surface area contributed by atoms with Gasteiger partial charge in [0.25, 0.3) is 0 Å². The lowest BCUT2D eigenvalue weighted by Crippen LogP contribution is -2.52. The number of halogens is 6. The van der Waals surface area contributed by atoms with E-state index in [0.717, 1.165) is 22.7 Å². The minimum Gasteiger partial charge on any atom is -0.234 e. The fraction of sp³-hybridized carbons (Fsp3) is 0.304. The lowest BCUT2D eigenvalue weighted by molar-refractivity contribution is -0.248. The summed E-state index contributed by atoms with van der Waals surface area (Å²) in [4.78, 5) is 0.261. The zero-order chi connectivity index (χ0) is 22.4. The second-order valence-electron chi connectivity index (χ2n) is 7.97. The van der Waals surface area contributed by atoms with Crippen molar-refractivity contribution in [1.29, 1.82) is 0 Å². The fourth-order valence-corrected chi connectivity index (χ4v) is 7.15. The summed E-state index contributed by atoms with van der Waals surface area (Å²) >= 11 is 2.06.